The number of aliphatic hydroxyl groups is 3. The lowest BCUT2D eigenvalue weighted by molar-refractivity contribution is -0.152. The molecular weight excluding hydrogens is 687 g/mol. The molecule has 52 heavy (non-hydrogen) atoms. The van der Waals surface area contributed by atoms with Crippen molar-refractivity contribution in [3.63, 3.8) is 0 Å². The summed E-state index contributed by atoms with van der Waals surface area (Å²) in [6, 6.07) is 0. The summed E-state index contributed by atoms with van der Waals surface area (Å²) in [6.07, 6.45) is 27.9. The van der Waals surface area contributed by atoms with Gasteiger partial charge in [0.25, 0.3) is 10.1 Å². The Balaban J connectivity index is 0. The van der Waals surface area contributed by atoms with E-state index in [1.807, 2.05) is 0 Å². The van der Waals surface area contributed by atoms with E-state index >= 15 is 0 Å². The van der Waals surface area contributed by atoms with Gasteiger partial charge in [0.2, 0.25) is 4.75 Å². The van der Waals surface area contributed by atoms with Crippen molar-refractivity contribution in [3.05, 3.63) is 0 Å². The van der Waals surface area contributed by atoms with Crippen LogP contribution in [0.25, 0.3) is 0 Å². The summed E-state index contributed by atoms with van der Waals surface area (Å²) in [7, 11) is -5.13. The van der Waals surface area contributed by atoms with Crippen LogP contribution in [-0.2, 0) is 19.7 Å². The Hall–Kier alpha value is -1.31. The Labute approximate surface area is 318 Å². The predicted octanol–water partition coefficient (Wildman–Crippen LogP) is 8.63. The molecule has 0 aromatic carbocycles. The van der Waals surface area contributed by atoms with E-state index in [4.69, 9.17) is 15.3 Å². The van der Waals surface area contributed by atoms with E-state index in [0.29, 0.717) is 32.5 Å². The number of hydrogen-bond donors (Lipinski definition) is 6. The Bertz CT molecular complexity index is 906. The maximum Gasteiger partial charge on any atom is 0.328 e. The highest BCUT2D eigenvalue weighted by Crippen LogP contribution is 2.37. The van der Waals surface area contributed by atoms with Crippen LogP contribution >= 0.6 is 0 Å². The first-order chi connectivity index (χ1) is 25.0. The third-order valence-electron chi connectivity index (χ3n) is 10.2. The number of unbranched alkanes of at least 4 members (excludes halogenated alkanes) is 24. The first-order valence-electron chi connectivity index (χ1n) is 21.0. The zero-order valence-corrected chi connectivity index (χ0v) is 34.1. The third kappa shape index (κ3) is 27.3. The van der Waals surface area contributed by atoms with Gasteiger partial charge in [-0.3, -0.25) is 19.0 Å². The average molecular weight is 768 g/mol. The normalized spacial score (nSPS) is 13.4. The van der Waals surface area contributed by atoms with Crippen LogP contribution in [0.4, 0.5) is 0 Å². The van der Waals surface area contributed by atoms with E-state index in [0.717, 1.165) is 51.4 Å². The molecule has 0 saturated carbocycles. The quantitative estimate of drug-likeness (QED) is 0.0260. The molecule has 2 atom stereocenters. The van der Waals surface area contributed by atoms with Crippen molar-refractivity contribution in [2.75, 3.05) is 39.5 Å². The van der Waals surface area contributed by atoms with Crippen molar-refractivity contribution in [1.82, 2.24) is 4.90 Å². The molecule has 0 aromatic heterocycles. The van der Waals surface area contributed by atoms with Gasteiger partial charge in [-0.1, -0.05) is 181 Å². The summed E-state index contributed by atoms with van der Waals surface area (Å²) < 4.78 is 32.2. The maximum absolute atomic E-state index is 12.4. The number of hydrogen-bond acceptors (Lipinski definition) is 8. The first kappa shape index (κ1) is 52.8. The van der Waals surface area contributed by atoms with Gasteiger partial charge in [-0.15, -0.1) is 0 Å². The van der Waals surface area contributed by atoms with Gasteiger partial charge in [0.15, 0.2) is 0 Å². The number of rotatable bonds is 38. The van der Waals surface area contributed by atoms with Gasteiger partial charge >= 0.3 is 11.9 Å². The van der Waals surface area contributed by atoms with Crippen molar-refractivity contribution in [3.8, 4) is 0 Å². The van der Waals surface area contributed by atoms with Crippen LogP contribution in [0.3, 0.4) is 0 Å². The molecule has 0 radical (unpaired) electrons. The molecule has 0 fully saturated rings. The minimum atomic E-state index is -5.13. The number of nitrogens with zero attached hydrogens (tertiary/aromatic N) is 1. The van der Waals surface area contributed by atoms with Crippen molar-refractivity contribution >= 4 is 22.1 Å². The molecule has 2 unspecified atom stereocenters. The molecule has 312 valence electrons. The zero-order chi connectivity index (χ0) is 39.4. The molecule has 12 heteroatoms. The summed E-state index contributed by atoms with van der Waals surface area (Å²) in [5, 5.41) is 45.3. The van der Waals surface area contributed by atoms with E-state index < -0.39 is 32.7 Å². The molecule has 0 aliphatic rings. The maximum atomic E-state index is 12.4. The van der Waals surface area contributed by atoms with E-state index in [1.165, 1.54) is 96.3 Å². The van der Waals surface area contributed by atoms with Crippen LogP contribution in [0.1, 0.15) is 194 Å². The summed E-state index contributed by atoms with van der Waals surface area (Å²) in [5.74, 6) is -4.90. The minimum Gasteiger partial charge on any atom is -0.481 e. The van der Waals surface area contributed by atoms with Gasteiger partial charge in [-0.05, 0) is 12.8 Å². The lowest BCUT2D eigenvalue weighted by Crippen LogP contribution is -2.55. The summed E-state index contributed by atoms with van der Waals surface area (Å²) in [6.45, 7) is 6.19. The van der Waals surface area contributed by atoms with Crippen molar-refractivity contribution in [2.24, 2.45) is 5.92 Å². The number of carboxylic acid groups (broad SMARTS) is 2. The highest BCUT2D eigenvalue weighted by molar-refractivity contribution is 7.88. The molecule has 6 N–H and O–H groups in total. The molecule has 0 spiro atoms. The Morgan fingerprint density at radius 2 is 0.808 bits per heavy atom. The molecule has 0 aliphatic heterocycles. The summed E-state index contributed by atoms with van der Waals surface area (Å²) in [4.78, 5) is 26.2. The minimum absolute atomic E-state index is 0.0694. The van der Waals surface area contributed by atoms with E-state index in [-0.39, 0.29) is 39.1 Å². The van der Waals surface area contributed by atoms with Crippen molar-refractivity contribution in [1.29, 1.82) is 0 Å². The van der Waals surface area contributed by atoms with Crippen LogP contribution in [0.2, 0.25) is 0 Å². The van der Waals surface area contributed by atoms with Gasteiger partial charge in [0.1, 0.15) is 0 Å². The van der Waals surface area contributed by atoms with Gasteiger partial charge < -0.3 is 25.5 Å². The molecular formula is C40H81NO10S. The van der Waals surface area contributed by atoms with Crippen molar-refractivity contribution in [2.45, 2.75) is 198 Å². The largest absolute Gasteiger partial charge is 0.481 e. The zero-order valence-electron chi connectivity index (χ0n) is 33.3. The Morgan fingerprint density at radius 1 is 0.519 bits per heavy atom. The number of carboxylic acids is 2. The molecule has 0 heterocycles. The van der Waals surface area contributed by atoms with Crippen LogP contribution in [0.15, 0.2) is 0 Å². The fourth-order valence-electron chi connectivity index (χ4n) is 6.94. The fourth-order valence-corrected chi connectivity index (χ4v) is 8.14. The summed E-state index contributed by atoms with van der Waals surface area (Å²) in [5.41, 5.74) is 0. The second-order valence-corrected chi connectivity index (χ2v) is 16.3. The Kier molecular flexibility index (Phi) is 37.2. The predicted molar refractivity (Wildman–Crippen MR) is 211 cm³/mol. The molecule has 0 saturated heterocycles. The van der Waals surface area contributed by atoms with Crippen molar-refractivity contribution < 1.29 is 48.1 Å². The molecule has 0 amide bonds. The van der Waals surface area contributed by atoms with Crippen LogP contribution in [0.5, 0.6) is 0 Å². The van der Waals surface area contributed by atoms with E-state index in [1.54, 1.807) is 4.90 Å². The second-order valence-electron chi connectivity index (χ2n) is 14.6. The third-order valence-corrected chi connectivity index (χ3v) is 11.8. The SMILES string of the molecule is CCCCCCCCCCCCCCCC(C(=O)O)C(CCCCCCCCCCCCCCC)(C(=O)O)S(=O)(=O)O.OCCN(CCO)CCO. The van der Waals surface area contributed by atoms with E-state index in [2.05, 4.69) is 13.8 Å². The van der Waals surface area contributed by atoms with Crippen LogP contribution in [-0.4, -0.2) is 99.5 Å². The highest BCUT2D eigenvalue weighted by atomic mass is 32.2. The molecule has 0 aromatic rings. The summed E-state index contributed by atoms with van der Waals surface area (Å²) >= 11 is 0. The van der Waals surface area contributed by atoms with E-state index in [9.17, 15) is 32.8 Å². The number of aliphatic hydroxyl groups excluding tert-OH is 3. The van der Waals surface area contributed by atoms with Gasteiger partial charge in [-0.2, -0.15) is 8.42 Å². The lowest BCUT2D eigenvalue weighted by Gasteiger charge is -2.32. The topological polar surface area (TPSA) is 193 Å². The highest BCUT2D eigenvalue weighted by Gasteiger charge is 2.58. The standard InChI is InChI=1S/C34H66O7S.C6H15NO3/c1-3-5-7-9-11-13-15-17-19-21-23-25-27-29-31(32(35)36)34(33(37)38,42(39,40)41)30-28-26-24-22-20-18-16-14-12-10-8-6-4-2;8-4-1-7(2-5-9)3-6-10/h31H,3-30H2,1-2H3,(H,35,36)(H,37,38)(H,39,40,41);8-10H,1-6H2. The first-order valence-corrected chi connectivity index (χ1v) is 22.4. The molecule has 0 rings (SSSR count). The average Bonchev–Trinajstić information content (AvgIpc) is 3.09. The van der Waals surface area contributed by atoms with Gasteiger partial charge in [0.05, 0.1) is 25.7 Å². The van der Waals surface area contributed by atoms with Gasteiger partial charge in [0, 0.05) is 19.6 Å². The number of aliphatic carboxylic acids is 2. The number of carbonyl (C=O) groups is 2. The monoisotopic (exact) mass is 768 g/mol. The lowest BCUT2D eigenvalue weighted by atomic mass is 9.82. The van der Waals surface area contributed by atoms with Crippen LogP contribution in [0, 0.1) is 5.92 Å². The second kappa shape index (κ2) is 36.7. The smallest absolute Gasteiger partial charge is 0.328 e. The van der Waals surface area contributed by atoms with Gasteiger partial charge in [-0.25, -0.2) is 0 Å². The Morgan fingerprint density at radius 3 is 1.06 bits per heavy atom. The molecule has 11 nitrogen and oxygen atoms in total. The van der Waals surface area contributed by atoms with Crippen LogP contribution < -0.4 is 0 Å². The fraction of sp³-hybridized carbons (Fsp3) is 0.950. The molecule has 0 aliphatic carbocycles. The molecule has 0 bridgehead atoms.